The fourth-order valence-corrected chi connectivity index (χ4v) is 2.73. The zero-order valence-electron chi connectivity index (χ0n) is 12.2. The molecule has 2 rings (SSSR count). The molecule has 0 amide bonds. The molecule has 1 heterocycles. The Bertz CT molecular complexity index is 488. The Morgan fingerprint density at radius 2 is 2.35 bits per heavy atom. The van der Waals surface area contributed by atoms with Gasteiger partial charge in [-0.05, 0) is 37.8 Å². The van der Waals surface area contributed by atoms with E-state index in [9.17, 15) is 5.11 Å². The van der Waals surface area contributed by atoms with Crippen LogP contribution in [0, 0.1) is 17.2 Å². The molecule has 2 atom stereocenters. The van der Waals surface area contributed by atoms with Gasteiger partial charge in [0.15, 0.2) is 0 Å². The van der Waals surface area contributed by atoms with Crippen molar-refractivity contribution < 1.29 is 9.84 Å². The van der Waals surface area contributed by atoms with Gasteiger partial charge in [-0.25, -0.2) is 0 Å². The van der Waals surface area contributed by atoms with Gasteiger partial charge >= 0.3 is 0 Å². The standard InChI is InChI=1S/C16H22N2O2/c1-12(19)15-6-5-13(9-17)8-16(15)18(2)10-14-4-3-7-20-11-14/h5-6,8,12,14,19H,3-4,7,10-11H2,1-2H3/t12-,14?/m1/s1. The third-order valence-corrected chi connectivity index (χ3v) is 3.81. The van der Waals surface area contributed by atoms with Gasteiger partial charge in [0.2, 0.25) is 0 Å². The monoisotopic (exact) mass is 274 g/mol. The highest BCUT2D eigenvalue weighted by molar-refractivity contribution is 5.58. The maximum absolute atomic E-state index is 9.89. The molecule has 4 nitrogen and oxygen atoms in total. The number of nitrogens with zero attached hydrogens (tertiary/aromatic N) is 2. The molecule has 0 aromatic heterocycles. The molecule has 0 bridgehead atoms. The molecule has 1 aliphatic rings. The van der Waals surface area contributed by atoms with Gasteiger partial charge < -0.3 is 14.7 Å². The molecule has 20 heavy (non-hydrogen) atoms. The van der Waals surface area contributed by atoms with Gasteiger partial charge in [-0.1, -0.05) is 6.07 Å². The first-order chi connectivity index (χ1) is 9.61. The predicted molar refractivity (Wildman–Crippen MR) is 78.6 cm³/mol. The summed E-state index contributed by atoms with van der Waals surface area (Å²) in [5.74, 6) is 0.515. The van der Waals surface area contributed by atoms with Crippen molar-refractivity contribution in [3.05, 3.63) is 29.3 Å². The van der Waals surface area contributed by atoms with Crippen molar-refractivity contribution in [2.75, 3.05) is 31.7 Å². The second-order valence-corrected chi connectivity index (χ2v) is 5.53. The van der Waals surface area contributed by atoms with Crippen molar-refractivity contribution in [3.8, 4) is 6.07 Å². The zero-order chi connectivity index (χ0) is 14.5. The maximum atomic E-state index is 9.89. The van der Waals surface area contributed by atoms with Crippen molar-refractivity contribution >= 4 is 5.69 Å². The molecule has 1 unspecified atom stereocenters. The van der Waals surface area contributed by atoms with E-state index in [0.29, 0.717) is 11.5 Å². The first-order valence-corrected chi connectivity index (χ1v) is 7.13. The number of aliphatic hydroxyl groups excluding tert-OH is 1. The molecular formula is C16H22N2O2. The summed E-state index contributed by atoms with van der Waals surface area (Å²) in [6, 6.07) is 7.60. The van der Waals surface area contributed by atoms with E-state index in [4.69, 9.17) is 10.00 Å². The third kappa shape index (κ3) is 3.50. The highest BCUT2D eigenvalue weighted by atomic mass is 16.5. The van der Waals surface area contributed by atoms with Crippen LogP contribution in [0.5, 0.6) is 0 Å². The van der Waals surface area contributed by atoms with Crippen LogP contribution in [0.1, 0.15) is 37.0 Å². The van der Waals surface area contributed by atoms with Gasteiger partial charge in [0.25, 0.3) is 0 Å². The van der Waals surface area contributed by atoms with Crippen LogP contribution in [0.4, 0.5) is 5.69 Å². The Balaban J connectivity index is 2.18. The number of hydrogen-bond donors (Lipinski definition) is 1. The number of aliphatic hydroxyl groups is 1. The van der Waals surface area contributed by atoms with Crippen molar-refractivity contribution in [1.29, 1.82) is 5.26 Å². The van der Waals surface area contributed by atoms with Gasteiger partial charge in [0, 0.05) is 31.5 Å². The molecule has 0 spiro atoms. The first kappa shape index (κ1) is 14.8. The lowest BCUT2D eigenvalue weighted by atomic mass is 10.00. The van der Waals surface area contributed by atoms with Crippen LogP contribution >= 0.6 is 0 Å². The second-order valence-electron chi connectivity index (χ2n) is 5.53. The van der Waals surface area contributed by atoms with E-state index in [0.717, 1.165) is 37.4 Å². The summed E-state index contributed by atoms with van der Waals surface area (Å²) in [5, 5.41) is 18.9. The van der Waals surface area contributed by atoms with Gasteiger partial charge in [-0.3, -0.25) is 0 Å². The average molecular weight is 274 g/mol. The van der Waals surface area contributed by atoms with E-state index in [2.05, 4.69) is 11.0 Å². The lowest BCUT2D eigenvalue weighted by Gasteiger charge is -2.30. The Labute approximate surface area is 120 Å². The number of benzene rings is 1. The molecule has 1 aromatic rings. The number of anilines is 1. The molecule has 1 aromatic carbocycles. The van der Waals surface area contributed by atoms with Crippen molar-refractivity contribution in [2.45, 2.75) is 25.9 Å². The van der Waals surface area contributed by atoms with Gasteiger partial charge in [-0.2, -0.15) is 5.26 Å². The van der Waals surface area contributed by atoms with Crippen LogP contribution in [-0.2, 0) is 4.74 Å². The largest absolute Gasteiger partial charge is 0.389 e. The van der Waals surface area contributed by atoms with E-state index in [1.165, 1.54) is 6.42 Å². The normalized spacial score (nSPS) is 20.2. The molecule has 1 aliphatic heterocycles. The van der Waals surface area contributed by atoms with Crippen LogP contribution in [0.3, 0.4) is 0 Å². The minimum Gasteiger partial charge on any atom is -0.389 e. The Morgan fingerprint density at radius 3 is 2.95 bits per heavy atom. The average Bonchev–Trinajstić information content (AvgIpc) is 2.47. The molecule has 4 heteroatoms. The second kappa shape index (κ2) is 6.74. The third-order valence-electron chi connectivity index (χ3n) is 3.81. The summed E-state index contributed by atoms with van der Waals surface area (Å²) < 4.78 is 5.51. The molecule has 108 valence electrons. The summed E-state index contributed by atoms with van der Waals surface area (Å²) in [5.41, 5.74) is 2.42. The molecular weight excluding hydrogens is 252 g/mol. The smallest absolute Gasteiger partial charge is 0.0992 e. The Hall–Kier alpha value is -1.57. The van der Waals surface area contributed by atoms with Crippen molar-refractivity contribution in [2.24, 2.45) is 5.92 Å². The zero-order valence-corrected chi connectivity index (χ0v) is 12.2. The fourth-order valence-electron chi connectivity index (χ4n) is 2.73. The Morgan fingerprint density at radius 1 is 1.55 bits per heavy atom. The highest BCUT2D eigenvalue weighted by Crippen LogP contribution is 2.28. The minimum atomic E-state index is -0.539. The quantitative estimate of drug-likeness (QED) is 0.916. The first-order valence-electron chi connectivity index (χ1n) is 7.13. The molecule has 1 fully saturated rings. The predicted octanol–water partition coefficient (Wildman–Crippen LogP) is 2.47. The molecule has 1 N–H and O–H groups in total. The minimum absolute atomic E-state index is 0.515. The van der Waals surface area contributed by atoms with Gasteiger partial charge in [0.05, 0.1) is 24.3 Å². The summed E-state index contributed by atoms with van der Waals surface area (Å²) in [4.78, 5) is 2.13. The van der Waals surface area contributed by atoms with Crippen LogP contribution in [0.2, 0.25) is 0 Å². The number of ether oxygens (including phenoxy) is 1. The Kier molecular flexibility index (Phi) is 4.99. The number of rotatable bonds is 4. The van der Waals surface area contributed by atoms with E-state index >= 15 is 0 Å². The summed E-state index contributed by atoms with van der Waals surface area (Å²) >= 11 is 0. The molecule has 0 radical (unpaired) electrons. The van der Waals surface area contributed by atoms with E-state index in [-0.39, 0.29) is 0 Å². The van der Waals surface area contributed by atoms with E-state index in [1.54, 1.807) is 13.0 Å². The summed E-state index contributed by atoms with van der Waals surface area (Å²) in [6.07, 6.45) is 1.74. The number of nitriles is 1. The molecule has 0 saturated carbocycles. The number of hydrogen-bond acceptors (Lipinski definition) is 4. The fraction of sp³-hybridized carbons (Fsp3) is 0.562. The lowest BCUT2D eigenvalue weighted by molar-refractivity contribution is 0.0576. The molecule has 0 aliphatic carbocycles. The highest BCUT2D eigenvalue weighted by Gasteiger charge is 2.19. The summed E-state index contributed by atoms with van der Waals surface area (Å²) in [6.45, 7) is 4.30. The van der Waals surface area contributed by atoms with Crippen molar-refractivity contribution in [1.82, 2.24) is 0 Å². The summed E-state index contributed by atoms with van der Waals surface area (Å²) in [7, 11) is 2.01. The molecule has 1 saturated heterocycles. The van der Waals surface area contributed by atoms with E-state index in [1.807, 2.05) is 19.2 Å². The maximum Gasteiger partial charge on any atom is 0.0992 e. The van der Waals surface area contributed by atoms with Crippen LogP contribution in [-0.4, -0.2) is 31.9 Å². The van der Waals surface area contributed by atoms with Crippen molar-refractivity contribution in [3.63, 3.8) is 0 Å². The SMILES string of the molecule is C[C@@H](O)c1ccc(C#N)cc1N(C)CC1CCCOC1. The van der Waals surface area contributed by atoms with Crippen LogP contribution in [0.15, 0.2) is 18.2 Å². The lowest BCUT2D eigenvalue weighted by Crippen LogP contribution is -2.31. The van der Waals surface area contributed by atoms with Crippen LogP contribution < -0.4 is 4.90 Å². The van der Waals surface area contributed by atoms with E-state index < -0.39 is 6.10 Å². The van der Waals surface area contributed by atoms with Crippen LogP contribution in [0.25, 0.3) is 0 Å². The van der Waals surface area contributed by atoms with Gasteiger partial charge in [-0.15, -0.1) is 0 Å². The van der Waals surface area contributed by atoms with Gasteiger partial charge in [0.1, 0.15) is 0 Å². The topological polar surface area (TPSA) is 56.5 Å².